The quantitative estimate of drug-likeness (QED) is 0.742. The van der Waals surface area contributed by atoms with Crippen LogP contribution in [0.2, 0.25) is 0 Å². The van der Waals surface area contributed by atoms with Crippen LogP contribution in [0.3, 0.4) is 0 Å². The molecule has 5 heteroatoms. The first-order valence-corrected chi connectivity index (χ1v) is 5.12. The van der Waals surface area contributed by atoms with Crippen molar-refractivity contribution in [2.24, 2.45) is 11.7 Å². The van der Waals surface area contributed by atoms with Gasteiger partial charge >= 0.3 is 0 Å². The molecule has 1 heterocycles. The predicted molar refractivity (Wildman–Crippen MR) is 52.2 cm³/mol. The molecule has 1 aliphatic rings. The van der Waals surface area contributed by atoms with Crippen LogP contribution in [0.15, 0.2) is 4.52 Å². The van der Waals surface area contributed by atoms with Crippen LogP contribution in [0, 0.1) is 5.92 Å². The molecule has 78 valence electrons. The molecule has 1 aromatic rings. The number of anilines is 1. The van der Waals surface area contributed by atoms with Gasteiger partial charge in [0.05, 0.1) is 6.04 Å². The van der Waals surface area contributed by atoms with Gasteiger partial charge in [-0.3, -0.25) is 0 Å². The number of rotatable bonds is 2. The van der Waals surface area contributed by atoms with Crippen molar-refractivity contribution in [2.75, 3.05) is 5.73 Å². The molecular weight excluding hydrogens is 180 g/mol. The van der Waals surface area contributed by atoms with Crippen molar-refractivity contribution in [3.8, 4) is 0 Å². The van der Waals surface area contributed by atoms with Crippen LogP contribution in [-0.4, -0.2) is 10.1 Å². The second-order valence-corrected chi connectivity index (χ2v) is 3.91. The lowest BCUT2D eigenvalue weighted by atomic mass is 9.84. The summed E-state index contributed by atoms with van der Waals surface area (Å²) in [6.07, 6.45) is 6.13. The normalized spacial score (nSPS) is 20.9. The lowest BCUT2D eigenvalue weighted by molar-refractivity contribution is 0.256. The summed E-state index contributed by atoms with van der Waals surface area (Å²) in [5.74, 6) is 1.13. The maximum absolute atomic E-state index is 6.03. The van der Waals surface area contributed by atoms with Crippen LogP contribution < -0.4 is 11.5 Å². The van der Waals surface area contributed by atoms with Gasteiger partial charge in [0.1, 0.15) is 0 Å². The minimum Gasteiger partial charge on any atom is -0.365 e. The number of nitrogen functional groups attached to an aromatic ring is 1. The van der Waals surface area contributed by atoms with Gasteiger partial charge in [0.2, 0.25) is 5.89 Å². The first-order chi connectivity index (χ1) is 6.77. The molecule has 0 bridgehead atoms. The number of hydrogen-bond acceptors (Lipinski definition) is 5. The molecule has 0 aromatic carbocycles. The monoisotopic (exact) mass is 196 g/mol. The second kappa shape index (κ2) is 3.96. The van der Waals surface area contributed by atoms with Crippen LogP contribution in [0.25, 0.3) is 0 Å². The van der Waals surface area contributed by atoms with Crippen molar-refractivity contribution in [3.05, 3.63) is 5.89 Å². The third-order valence-electron chi connectivity index (χ3n) is 2.90. The van der Waals surface area contributed by atoms with Gasteiger partial charge < -0.3 is 16.0 Å². The first kappa shape index (κ1) is 9.45. The summed E-state index contributed by atoms with van der Waals surface area (Å²) in [6, 6.07) is -0.139. The Hall–Kier alpha value is -1.10. The van der Waals surface area contributed by atoms with Gasteiger partial charge in [-0.2, -0.15) is 4.98 Å². The molecule has 1 aromatic heterocycles. The molecule has 4 N–H and O–H groups in total. The van der Waals surface area contributed by atoms with E-state index in [0.29, 0.717) is 11.8 Å². The molecule has 2 rings (SSSR count). The van der Waals surface area contributed by atoms with Crippen molar-refractivity contribution >= 4 is 5.95 Å². The molecule has 0 spiro atoms. The van der Waals surface area contributed by atoms with E-state index in [4.69, 9.17) is 16.0 Å². The summed E-state index contributed by atoms with van der Waals surface area (Å²) < 4.78 is 4.97. The Morgan fingerprint density at radius 3 is 2.57 bits per heavy atom. The standard InChI is InChI=1S/C9H16N4O/c10-7(6-4-2-1-3-5-6)8-12-9(11)13-14-8/h6-7H,1-5,10H2,(H2,11,13). The number of nitrogens with zero attached hydrogens (tertiary/aromatic N) is 2. The van der Waals surface area contributed by atoms with Crippen LogP contribution in [0.4, 0.5) is 5.95 Å². The Morgan fingerprint density at radius 1 is 1.29 bits per heavy atom. The Morgan fingerprint density at radius 2 is 2.00 bits per heavy atom. The Balaban J connectivity index is 2.03. The molecule has 5 nitrogen and oxygen atoms in total. The van der Waals surface area contributed by atoms with E-state index in [1.807, 2.05) is 0 Å². The van der Waals surface area contributed by atoms with E-state index in [-0.39, 0.29) is 12.0 Å². The number of aromatic nitrogens is 2. The molecule has 0 aliphatic heterocycles. The largest absolute Gasteiger partial charge is 0.365 e. The van der Waals surface area contributed by atoms with E-state index in [2.05, 4.69) is 10.1 Å². The fourth-order valence-electron chi connectivity index (χ4n) is 2.08. The van der Waals surface area contributed by atoms with Crippen molar-refractivity contribution in [2.45, 2.75) is 38.1 Å². The third-order valence-corrected chi connectivity index (χ3v) is 2.90. The number of hydrogen-bond donors (Lipinski definition) is 2. The first-order valence-electron chi connectivity index (χ1n) is 5.12. The van der Waals surface area contributed by atoms with Gasteiger partial charge in [-0.1, -0.05) is 19.3 Å². The smallest absolute Gasteiger partial charge is 0.260 e. The molecule has 1 saturated carbocycles. The summed E-state index contributed by atoms with van der Waals surface area (Å²) in [5, 5.41) is 3.54. The Bertz CT molecular complexity index is 293. The van der Waals surface area contributed by atoms with Gasteiger partial charge in [0, 0.05) is 0 Å². The van der Waals surface area contributed by atoms with Crippen molar-refractivity contribution in [3.63, 3.8) is 0 Å². The van der Waals surface area contributed by atoms with Crippen molar-refractivity contribution in [1.29, 1.82) is 0 Å². The van der Waals surface area contributed by atoms with E-state index in [1.54, 1.807) is 0 Å². The van der Waals surface area contributed by atoms with Gasteiger partial charge in [0.25, 0.3) is 5.95 Å². The van der Waals surface area contributed by atoms with E-state index in [1.165, 1.54) is 19.3 Å². The van der Waals surface area contributed by atoms with Crippen LogP contribution >= 0.6 is 0 Å². The maximum atomic E-state index is 6.03. The average Bonchev–Trinajstić information content (AvgIpc) is 2.65. The Kier molecular flexibility index (Phi) is 2.67. The molecule has 1 unspecified atom stereocenters. The predicted octanol–water partition coefficient (Wildman–Crippen LogP) is 1.23. The summed E-state index contributed by atoms with van der Waals surface area (Å²) in [7, 11) is 0. The second-order valence-electron chi connectivity index (χ2n) is 3.91. The van der Waals surface area contributed by atoms with E-state index in [9.17, 15) is 0 Å². The molecule has 1 fully saturated rings. The maximum Gasteiger partial charge on any atom is 0.260 e. The summed E-state index contributed by atoms with van der Waals surface area (Å²) in [6.45, 7) is 0. The topological polar surface area (TPSA) is 91.0 Å². The van der Waals surface area contributed by atoms with Crippen LogP contribution in [0.5, 0.6) is 0 Å². The van der Waals surface area contributed by atoms with Gasteiger partial charge in [-0.25, -0.2) is 0 Å². The SMILES string of the molecule is Nc1noc(C(N)C2CCCCC2)n1. The minimum atomic E-state index is -0.139. The zero-order chi connectivity index (χ0) is 9.97. The van der Waals surface area contributed by atoms with E-state index >= 15 is 0 Å². The Labute approximate surface area is 82.8 Å². The molecule has 14 heavy (non-hydrogen) atoms. The third kappa shape index (κ3) is 1.87. The fraction of sp³-hybridized carbons (Fsp3) is 0.778. The van der Waals surface area contributed by atoms with Gasteiger partial charge in [0.15, 0.2) is 0 Å². The van der Waals surface area contributed by atoms with E-state index in [0.717, 1.165) is 12.8 Å². The summed E-state index contributed by atoms with van der Waals surface area (Å²) in [4.78, 5) is 3.96. The van der Waals surface area contributed by atoms with Gasteiger partial charge in [-0.05, 0) is 23.9 Å². The molecule has 0 amide bonds. The highest BCUT2D eigenvalue weighted by Gasteiger charge is 2.25. The lowest BCUT2D eigenvalue weighted by Crippen LogP contribution is -2.23. The minimum absolute atomic E-state index is 0.139. The van der Waals surface area contributed by atoms with Gasteiger partial charge in [-0.15, -0.1) is 0 Å². The zero-order valence-corrected chi connectivity index (χ0v) is 8.15. The summed E-state index contributed by atoms with van der Waals surface area (Å²) >= 11 is 0. The van der Waals surface area contributed by atoms with Crippen LogP contribution in [0.1, 0.15) is 44.0 Å². The van der Waals surface area contributed by atoms with E-state index < -0.39 is 0 Å². The fourth-order valence-corrected chi connectivity index (χ4v) is 2.08. The average molecular weight is 196 g/mol. The molecule has 1 atom stereocenters. The highest BCUT2D eigenvalue weighted by molar-refractivity contribution is 5.12. The highest BCUT2D eigenvalue weighted by atomic mass is 16.5. The molecule has 0 radical (unpaired) electrons. The highest BCUT2D eigenvalue weighted by Crippen LogP contribution is 2.32. The summed E-state index contributed by atoms with van der Waals surface area (Å²) in [5.41, 5.74) is 11.4. The van der Waals surface area contributed by atoms with Crippen molar-refractivity contribution in [1.82, 2.24) is 10.1 Å². The number of nitrogens with two attached hydrogens (primary N) is 2. The van der Waals surface area contributed by atoms with Crippen molar-refractivity contribution < 1.29 is 4.52 Å². The molecule has 1 aliphatic carbocycles. The molecular formula is C9H16N4O. The lowest BCUT2D eigenvalue weighted by Gasteiger charge is -2.24. The molecule has 0 saturated heterocycles. The van der Waals surface area contributed by atoms with Crippen LogP contribution in [-0.2, 0) is 0 Å². The zero-order valence-electron chi connectivity index (χ0n) is 8.15.